The van der Waals surface area contributed by atoms with Crippen LogP contribution in [-0.4, -0.2) is 29.6 Å². The molecule has 1 atom stereocenters. The largest absolute Gasteiger partial charge is 0.388 e. The summed E-state index contributed by atoms with van der Waals surface area (Å²) in [5.74, 6) is 0. The topological polar surface area (TPSA) is 23.5 Å². The third-order valence-corrected chi connectivity index (χ3v) is 4.63. The summed E-state index contributed by atoms with van der Waals surface area (Å²) >= 11 is 12.0. The van der Waals surface area contributed by atoms with Crippen LogP contribution in [0.2, 0.25) is 10.0 Å². The summed E-state index contributed by atoms with van der Waals surface area (Å²) in [6.07, 6.45) is 4.04. The fourth-order valence-electron chi connectivity index (χ4n) is 2.27. The Labute approximate surface area is 119 Å². The fourth-order valence-corrected chi connectivity index (χ4v) is 2.70. The van der Waals surface area contributed by atoms with Crippen molar-refractivity contribution in [2.45, 2.75) is 37.8 Å². The van der Waals surface area contributed by atoms with Crippen LogP contribution in [-0.2, 0) is 0 Å². The first kappa shape index (κ1) is 14.1. The average Bonchev–Trinajstić information content (AvgIpc) is 2.27. The highest BCUT2D eigenvalue weighted by molar-refractivity contribution is 6.42. The van der Waals surface area contributed by atoms with Crippen molar-refractivity contribution in [2.24, 2.45) is 0 Å². The van der Waals surface area contributed by atoms with Crippen LogP contribution < -0.4 is 0 Å². The Hall–Kier alpha value is -0.280. The highest BCUT2D eigenvalue weighted by Gasteiger charge is 2.22. The van der Waals surface area contributed by atoms with Crippen LogP contribution in [0.4, 0.5) is 0 Å². The number of hydrogen-bond donors (Lipinski definition) is 1. The van der Waals surface area contributed by atoms with Crippen LogP contribution in [0.1, 0.15) is 37.4 Å². The molecule has 2 rings (SSSR count). The number of rotatable bonds is 5. The molecule has 1 unspecified atom stereocenters. The molecule has 0 aliphatic heterocycles. The van der Waals surface area contributed by atoms with Gasteiger partial charge in [0, 0.05) is 18.2 Å². The van der Waals surface area contributed by atoms with Gasteiger partial charge in [-0.05, 0) is 32.4 Å². The van der Waals surface area contributed by atoms with Crippen molar-refractivity contribution in [3.63, 3.8) is 0 Å². The van der Waals surface area contributed by atoms with Crippen LogP contribution in [0.3, 0.4) is 0 Å². The Morgan fingerprint density at radius 1 is 1.39 bits per heavy atom. The van der Waals surface area contributed by atoms with Crippen molar-refractivity contribution in [1.29, 1.82) is 0 Å². The Kier molecular flexibility index (Phi) is 4.91. The van der Waals surface area contributed by atoms with E-state index in [0.717, 1.165) is 12.1 Å². The van der Waals surface area contributed by atoms with Crippen molar-refractivity contribution >= 4 is 23.2 Å². The van der Waals surface area contributed by atoms with Crippen molar-refractivity contribution in [1.82, 2.24) is 4.90 Å². The van der Waals surface area contributed by atoms with Gasteiger partial charge in [-0.1, -0.05) is 41.8 Å². The first-order valence-electron chi connectivity index (χ1n) is 6.42. The lowest BCUT2D eigenvalue weighted by molar-refractivity contribution is 0.112. The summed E-state index contributed by atoms with van der Waals surface area (Å²) < 4.78 is 0. The number of benzene rings is 1. The second-order valence-electron chi connectivity index (χ2n) is 5.01. The molecule has 1 aromatic carbocycles. The van der Waals surface area contributed by atoms with Gasteiger partial charge in [-0.15, -0.1) is 0 Å². The van der Waals surface area contributed by atoms with E-state index >= 15 is 0 Å². The molecule has 18 heavy (non-hydrogen) atoms. The lowest BCUT2D eigenvalue weighted by Crippen LogP contribution is -2.38. The summed E-state index contributed by atoms with van der Waals surface area (Å²) in [6, 6.07) is 6.10. The van der Waals surface area contributed by atoms with Crippen LogP contribution >= 0.6 is 23.2 Å². The summed E-state index contributed by atoms with van der Waals surface area (Å²) in [5, 5.41) is 11.1. The van der Waals surface area contributed by atoms with E-state index in [9.17, 15) is 5.11 Å². The van der Waals surface area contributed by atoms with Gasteiger partial charge in [0.25, 0.3) is 0 Å². The summed E-state index contributed by atoms with van der Waals surface area (Å²) in [5.41, 5.74) is 0.728. The van der Waals surface area contributed by atoms with E-state index in [1.807, 2.05) is 12.1 Å². The number of hydrogen-bond acceptors (Lipinski definition) is 2. The Morgan fingerprint density at radius 3 is 2.72 bits per heavy atom. The SMILES string of the molecule is CN(CCC(O)c1cccc(Cl)c1Cl)C1CCC1. The van der Waals surface area contributed by atoms with E-state index in [-0.39, 0.29) is 0 Å². The fraction of sp³-hybridized carbons (Fsp3) is 0.571. The first-order valence-corrected chi connectivity index (χ1v) is 7.17. The normalized spacial score (nSPS) is 17.8. The first-order chi connectivity index (χ1) is 8.59. The van der Waals surface area contributed by atoms with Crippen LogP contribution in [0.5, 0.6) is 0 Å². The zero-order valence-electron chi connectivity index (χ0n) is 10.6. The van der Waals surface area contributed by atoms with E-state index in [1.54, 1.807) is 6.07 Å². The number of aliphatic hydroxyl groups excluding tert-OH is 1. The third kappa shape index (κ3) is 3.18. The minimum Gasteiger partial charge on any atom is -0.388 e. The molecular formula is C14H19Cl2NO. The average molecular weight is 288 g/mol. The lowest BCUT2D eigenvalue weighted by Gasteiger charge is -2.35. The second-order valence-corrected chi connectivity index (χ2v) is 5.80. The summed E-state index contributed by atoms with van der Waals surface area (Å²) in [7, 11) is 2.12. The van der Waals surface area contributed by atoms with Gasteiger partial charge in [-0.3, -0.25) is 0 Å². The van der Waals surface area contributed by atoms with Crippen LogP contribution in [0, 0.1) is 0 Å². The predicted molar refractivity (Wildman–Crippen MR) is 76.3 cm³/mol. The zero-order chi connectivity index (χ0) is 13.1. The van der Waals surface area contributed by atoms with Crippen molar-refractivity contribution in [3.05, 3.63) is 33.8 Å². The van der Waals surface area contributed by atoms with Crippen molar-refractivity contribution in [2.75, 3.05) is 13.6 Å². The minimum atomic E-state index is -0.543. The van der Waals surface area contributed by atoms with Gasteiger partial charge in [0.1, 0.15) is 0 Å². The molecule has 0 amide bonds. The van der Waals surface area contributed by atoms with E-state index in [4.69, 9.17) is 23.2 Å². The maximum Gasteiger partial charge on any atom is 0.0817 e. The van der Waals surface area contributed by atoms with Gasteiger partial charge >= 0.3 is 0 Å². The molecule has 0 aromatic heterocycles. The maximum atomic E-state index is 10.2. The molecule has 1 saturated carbocycles. The number of nitrogens with zero attached hydrogens (tertiary/aromatic N) is 1. The maximum absolute atomic E-state index is 10.2. The molecule has 1 aliphatic carbocycles. The lowest BCUT2D eigenvalue weighted by atomic mass is 9.91. The molecule has 4 heteroatoms. The molecule has 1 fully saturated rings. The molecule has 1 N–H and O–H groups in total. The quantitative estimate of drug-likeness (QED) is 0.888. The third-order valence-electron chi connectivity index (χ3n) is 3.79. The van der Waals surface area contributed by atoms with E-state index in [0.29, 0.717) is 22.5 Å². The van der Waals surface area contributed by atoms with Gasteiger partial charge < -0.3 is 10.0 Å². The highest BCUT2D eigenvalue weighted by Crippen LogP contribution is 2.32. The molecule has 1 aromatic rings. The van der Waals surface area contributed by atoms with Crippen LogP contribution in [0.25, 0.3) is 0 Å². The number of halogens is 2. The Bertz CT molecular complexity index is 407. The van der Waals surface area contributed by atoms with Gasteiger partial charge in [0.05, 0.1) is 16.1 Å². The molecule has 1 aliphatic rings. The van der Waals surface area contributed by atoms with E-state index < -0.39 is 6.10 Å². The summed E-state index contributed by atoms with van der Waals surface area (Å²) in [4.78, 5) is 2.32. The van der Waals surface area contributed by atoms with Gasteiger partial charge in [-0.2, -0.15) is 0 Å². The molecule has 100 valence electrons. The molecule has 0 spiro atoms. The molecular weight excluding hydrogens is 269 g/mol. The molecule has 0 saturated heterocycles. The van der Waals surface area contributed by atoms with E-state index in [2.05, 4.69) is 11.9 Å². The van der Waals surface area contributed by atoms with Gasteiger partial charge in [-0.25, -0.2) is 0 Å². The van der Waals surface area contributed by atoms with Crippen molar-refractivity contribution in [3.8, 4) is 0 Å². The zero-order valence-corrected chi connectivity index (χ0v) is 12.1. The smallest absolute Gasteiger partial charge is 0.0817 e. The molecule has 0 radical (unpaired) electrons. The van der Waals surface area contributed by atoms with Crippen molar-refractivity contribution < 1.29 is 5.11 Å². The molecule has 0 bridgehead atoms. The van der Waals surface area contributed by atoms with Gasteiger partial charge in [0.2, 0.25) is 0 Å². The predicted octanol–water partition coefficient (Wildman–Crippen LogP) is 3.90. The number of aliphatic hydroxyl groups is 1. The van der Waals surface area contributed by atoms with E-state index in [1.165, 1.54) is 19.3 Å². The Balaban J connectivity index is 1.90. The van der Waals surface area contributed by atoms with Crippen LogP contribution in [0.15, 0.2) is 18.2 Å². The Morgan fingerprint density at radius 2 is 2.11 bits per heavy atom. The molecule has 0 heterocycles. The standard InChI is InChI=1S/C14H19Cl2NO/c1-17(10-4-2-5-10)9-8-13(18)11-6-3-7-12(15)14(11)16/h3,6-7,10,13,18H,2,4-5,8-9H2,1H3. The molecule has 2 nitrogen and oxygen atoms in total. The monoisotopic (exact) mass is 287 g/mol. The second kappa shape index (κ2) is 6.25. The summed E-state index contributed by atoms with van der Waals surface area (Å²) in [6.45, 7) is 0.884. The minimum absolute atomic E-state index is 0.470. The highest BCUT2D eigenvalue weighted by atomic mass is 35.5. The van der Waals surface area contributed by atoms with Gasteiger partial charge in [0.15, 0.2) is 0 Å².